The van der Waals surface area contributed by atoms with Crippen molar-refractivity contribution >= 4 is 41.5 Å². The van der Waals surface area contributed by atoms with Gasteiger partial charge in [-0.3, -0.25) is 4.79 Å². The topological polar surface area (TPSA) is 79.5 Å². The number of para-hydroxylation sites is 1. The van der Waals surface area contributed by atoms with E-state index >= 15 is 0 Å². The second-order valence-electron chi connectivity index (χ2n) is 3.91. The lowest BCUT2D eigenvalue weighted by Gasteiger charge is -2.07. The zero-order valence-electron chi connectivity index (χ0n) is 10.5. The van der Waals surface area contributed by atoms with Gasteiger partial charge in [-0.1, -0.05) is 18.2 Å². The Labute approximate surface area is 124 Å². The van der Waals surface area contributed by atoms with Crippen LogP contribution in [0.1, 0.15) is 13.8 Å². The maximum absolute atomic E-state index is 11.3. The summed E-state index contributed by atoms with van der Waals surface area (Å²) in [7, 11) is 0. The molecule has 0 spiro atoms. The lowest BCUT2D eigenvalue weighted by Crippen LogP contribution is -2.33. The predicted molar refractivity (Wildman–Crippen MR) is 85.2 cm³/mol. The number of carbonyl (C=O) groups is 1. The summed E-state index contributed by atoms with van der Waals surface area (Å²) in [5, 5.41) is 5.63. The van der Waals surface area contributed by atoms with Gasteiger partial charge in [-0.2, -0.15) is 0 Å². The van der Waals surface area contributed by atoms with Crippen LogP contribution in [0.4, 0.5) is 5.69 Å². The van der Waals surface area contributed by atoms with Gasteiger partial charge in [0.25, 0.3) is 0 Å². The minimum atomic E-state index is -0.141. The molecule has 1 aromatic rings. The van der Waals surface area contributed by atoms with Crippen molar-refractivity contribution < 1.29 is 4.79 Å². The number of hydrogen-bond acceptors (Lipinski definition) is 2. The van der Waals surface area contributed by atoms with Crippen molar-refractivity contribution in [2.24, 2.45) is 10.7 Å². The minimum absolute atomic E-state index is 0. The molecule has 5 nitrogen and oxygen atoms in total. The van der Waals surface area contributed by atoms with Crippen LogP contribution in [0.25, 0.3) is 0 Å². The SMILES string of the molecule is CC(C)NC(=O)CN=C(N)Nc1ccccc1.I. The average molecular weight is 362 g/mol. The fourth-order valence-electron chi connectivity index (χ4n) is 1.23. The summed E-state index contributed by atoms with van der Waals surface area (Å²) >= 11 is 0. The van der Waals surface area contributed by atoms with Crippen LogP contribution in [-0.4, -0.2) is 24.5 Å². The summed E-state index contributed by atoms with van der Waals surface area (Å²) in [6, 6.07) is 9.55. The molecule has 0 aliphatic heterocycles. The molecule has 0 radical (unpaired) electrons. The first-order chi connectivity index (χ1) is 8.08. The number of guanidine groups is 1. The summed E-state index contributed by atoms with van der Waals surface area (Å²) in [6.45, 7) is 3.82. The maximum Gasteiger partial charge on any atom is 0.242 e. The lowest BCUT2D eigenvalue weighted by atomic mass is 10.3. The number of anilines is 1. The van der Waals surface area contributed by atoms with Crippen molar-refractivity contribution in [2.75, 3.05) is 11.9 Å². The normalized spacial score (nSPS) is 10.7. The number of amides is 1. The fourth-order valence-corrected chi connectivity index (χ4v) is 1.23. The first kappa shape index (κ1) is 16.7. The van der Waals surface area contributed by atoms with E-state index in [4.69, 9.17) is 5.73 Å². The van der Waals surface area contributed by atoms with Gasteiger partial charge in [0.2, 0.25) is 5.91 Å². The smallest absolute Gasteiger partial charge is 0.242 e. The van der Waals surface area contributed by atoms with Crippen LogP contribution < -0.4 is 16.4 Å². The van der Waals surface area contributed by atoms with E-state index in [1.54, 1.807) is 0 Å². The molecule has 0 aliphatic carbocycles. The predicted octanol–water partition coefficient (Wildman–Crippen LogP) is 1.56. The highest BCUT2D eigenvalue weighted by atomic mass is 127. The number of rotatable bonds is 4. The van der Waals surface area contributed by atoms with Crippen molar-refractivity contribution in [3.8, 4) is 0 Å². The largest absolute Gasteiger partial charge is 0.370 e. The van der Waals surface area contributed by atoms with Crippen molar-refractivity contribution in [2.45, 2.75) is 19.9 Å². The van der Waals surface area contributed by atoms with Gasteiger partial charge >= 0.3 is 0 Å². The number of nitrogens with one attached hydrogen (secondary N) is 2. The molecule has 6 heteroatoms. The molecule has 0 heterocycles. The average Bonchev–Trinajstić information content (AvgIpc) is 2.27. The Morgan fingerprint density at radius 1 is 1.33 bits per heavy atom. The third kappa shape index (κ3) is 7.10. The number of nitrogens with zero attached hydrogens (tertiary/aromatic N) is 1. The van der Waals surface area contributed by atoms with E-state index in [1.807, 2.05) is 44.2 Å². The van der Waals surface area contributed by atoms with Gasteiger partial charge < -0.3 is 16.4 Å². The summed E-state index contributed by atoms with van der Waals surface area (Å²) < 4.78 is 0. The van der Waals surface area contributed by atoms with Crippen LogP contribution in [0.15, 0.2) is 35.3 Å². The Balaban J connectivity index is 0.00000289. The number of halogens is 1. The van der Waals surface area contributed by atoms with Crippen LogP contribution in [0.2, 0.25) is 0 Å². The summed E-state index contributed by atoms with van der Waals surface area (Å²) in [5.74, 6) is 0.0907. The minimum Gasteiger partial charge on any atom is -0.370 e. The van der Waals surface area contributed by atoms with Crippen LogP contribution in [0, 0.1) is 0 Å². The first-order valence-electron chi connectivity index (χ1n) is 5.49. The van der Waals surface area contributed by atoms with Gasteiger partial charge in [0.1, 0.15) is 6.54 Å². The molecule has 0 saturated heterocycles. The van der Waals surface area contributed by atoms with Gasteiger partial charge in [0.15, 0.2) is 5.96 Å². The Morgan fingerprint density at radius 3 is 2.50 bits per heavy atom. The zero-order valence-corrected chi connectivity index (χ0v) is 12.8. The summed E-state index contributed by atoms with van der Waals surface area (Å²) in [6.07, 6.45) is 0. The molecule has 0 bridgehead atoms. The molecule has 0 saturated carbocycles. The summed E-state index contributed by atoms with van der Waals surface area (Å²) in [4.78, 5) is 15.3. The van der Waals surface area contributed by atoms with Gasteiger partial charge in [0.05, 0.1) is 0 Å². The monoisotopic (exact) mass is 362 g/mol. The van der Waals surface area contributed by atoms with E-state index in [1.165, 1.54) is 0 Å². The highest BCUT2D eigenvalue weighted by molar-refractivity contribution is 14.0. The molecule has 0 fully saturated rings. The molecule has 1 aromatic carbocycles. The number of hydrogen-bond donors (Lipinski definition) is 3. The molecule has 1 rings (SSSR count). The van der Waals surface area contributed by atoms with Gasteiger partial charge in [-0.25, -0.2) is 4.99 Å². The van der Waals surface area contributed by atoms with E-state index in [0.29, 0.717) is 0 Å². The molecular formula is C12H19IN4O. The van der Waals surface area contributed by atoms with Gasteiger partial charge in [-0.05, 0) is 26.0 Å². The van der Waals surface area contributed by atoms with E-state index in [2.05, 4.69) is 15.6 Å². The third-order valence-corrected chi connectivity index (χ3v) is 1.89. The van der Waals surface area contributed by atoms with Crippen molar-refractivity contribution in [1.82, 2.24) is 5.32 Å². The van der Waals surface area contributed by atoms with Crippen LogP contribution in [0.3, 0.4) is 0 Å². The van der Waals surface area contributed by atoms with Crippen LogP contribution in [0.5, 0.6) is 0 Å². The van der Waals surface area contributed by atoms with Gasteiger partial charge in [0, 0.05) is 11.7 Å². The van der Waals surface area contributed by atoms with E-state index in [9.17, 15) is 4.79 Å². The van der Waals surface area contributed by atoms with Crippen LogP contribution in [-0.2, 0) is 4.79 Å². The highest BCUT2D eigenvalue weighted by Crippen LogP contribution is 2.03. The fraction of sp³-hybridized carbons (Fsp3) is 0.333. The number of nitrogens with two attached hydrogens (primary N) is 1. The Hall–Kier alpha value is -1.31. The second kappa shape index (κ2) is 8.73. The Morgan fingerprint density at radius 2 is 1.94 bits per heavy atom. The summed E-state index contributed by atoms with van der Waals surface area (Å²) in [5.41, 5.74) is 6.49. The van der Waals surface area contributed by atoms with Gasteiger partial charge in [-0.15, -0.1) is 24.0 Å². The number of benzene rings is 1. The molecular weight excluding hydrogens is 343 g/mol. The molecule has 18 heavy (non-hydrogen) atoms. The molecule has 1 amide bonds. The Bertz CT molecular complexity index is 392. The molecule has 4 N–H and O–H groups in total. The molecule has 0 aliphatic rings. The van der Waals surface area contributed by atoms with E-state index in [-0.39, 0.29) is 48.4 Å². The molecule has 100 valence electrons. The maximum atomic E-state index is 11.3. The van der Waals surface area contributed by atoms with Crippen LogP contribution >= 0.6 is 24.0 Å². The zero-order chi connectivity index (χ0) is 12.7. The Kier molecular flexibility index (Phi) is 8.10. The quantitative estimate of drug-likeness (QED) is 0.432. The van der Waals surface area contributed by atoms with Crippen molar-refractivity contribution in [3.63, 3.8) is 0 Å². The standard InChI is InChI=1S/C12H18N4O.HI/c1-9(2)15-11(17)8-14-12(13)16-10-6-4-3-5-7-10;/h3-7,9H,8H2,1-2H3,(H,15,17)(H3,13,14,16);1H. The molecule has 0 atom stereocenters. The lowest BCUT2D eigenvalue weighted by molar-refractivity contribution is -0.120. The van der Waals surface area contributed by atoms with E-state index < -0.39 is 0 Å². The molecule has 0 unspecified atom stereocenters. The second-order valence-corrected chi connectivity index (χ2v) is 3.91. The first-order valence-corrected chi connectivity index (χ1v) is 5.49. The number of carbonyl (C=O) groups excluding carboxylic acids is 1. The van der Waals surface area contributed by atoms with Crippen molar-refractivity contribution in [3.05, 3.63) is 30.3 Å². The van der Waals surface area contributed by atoms with Crippen molar-refractivity contribution in [1.29, 1.82) is 0 Å². The number of aliphatic imine (C=N–C) groups is 1. The third-order valence-electron chi connectivity index (χ3n) is 1.89. The molecule has 0 aromatic heterocycles. The highest BCUT2D eigenvalue weighted by Gasteiger charge is 2.01. The van der Waals surface area contributed by atoms with E-state index in [0.717, 1.165) is 5.69 Å².